The molecule has 0 spiro atoms. The summed E-state index contributed by atoms with van der Waals surface area (Å²) < 4.78 is 9.68. The van der Waals surface area contributed by atoms with Gasteiger partial charge in [-0.05, 0) is 0 Å². The number of rotatable bonds is 1. The lowest BCUT2D eigenvalue weighted by Crippen LogP contribution is -2.33. The van der Waals surface area contributed by atoms with Crippen molar-refractivity contribution in [3.8, 4) is 0 Å². The first-order chi connectivity index (χ1) is 4.84. The van der Waals surface area contributed by atoms with E-state index in [1.807, 2.05) is 5.43 Å². The molecule has 0 radical (unpaired) electrons. The molecule has 1 rings (SSSR count). The lowest BCUT2D eigenvalue weighted by molar-refractivity contribution is -0.122. The molecule has 64 valence electrons. The van der Waals surface area contributed by atoms with Crippen LogP contribution in [0.1, 0.15) is 0 Å². The summed E-state index contributed by atoms with van der Waals surface area (Å²) in [7, 11) is 0. The second-order valence-corrected chi connectivity index (χ2v) is 1.67. The first kappa shape index (κ1) is 10.1. The van der Waals surface area contributed by atoms with Crippen LogP contribution >= 0.6 is 12.4 Å². The summed E-state index contributed by atoms with van der Waals surface area (Å²) in [4.78, 5) is 10.7. The molecular formula is C5H9ClN2O3. The molecule has 1 aliphatic heterocycles. The van der Waals surface area contributed by atoms with Crippen LogP contribution in [-0.4, -0.2) is 19.1 Å². The maximum atomic E-state index is 10.7. The van der Waals surface area contributed by atoms with E-state index >= 15 is 0 Å². The number of ether oxygens (including phenoxy) is 2. The van der Waals surface area contributed by atoms with Crippen LogP contribution in [-0.2, 0) is 14.3 Å². The molecule has 0 aromatic rings. The number of nitrogens with one attached hydrogen (secondary N) is 1. The molecule has 0 aromatic heterocycles. The fourth-order valence-electron chi connectivity index (χ4n) is 0.559. The van der Waals surface area contributed by atoms with Crippen molar-refractivity contribution in [1.29, 1.82) is 0 Å². The first-order valence-electron chi connectivity index (χ1n) is 2.80. The molecule has 0 aromatic carbocycles. The van der Waals surface area contributed by atoms with Crippen molar-refractivity contribution in [3.63, 3.8) is 0 Å². The van der Waals surface area contributed by atoms with Gasteiger partial charge in [0, 0.05) is 0 Å². The van der Waals surface area contributed by atoms with Crippen molar-refractivity contribution in [2.75, 3.05) is 13.2 Å². The van der Waals surface area contributed by atoms with Gasteiger partial charge in [-0.25, -0.2) is 5.84 Å². The Hall–Kier alpha value is -0.940. The SMILES string of the molecule is Cl.NNC(=O)C1=COCCO1. The standard InChI is InChI=1S/C5H8N2O3.ClH/c6-7-5(8)4-3-9-1-2-10-4;/h3H,1-2,6H2,(H,7,8);1H. The predicted octanol–water partition coefficient (Wildman–Crippen LogP) is -0.714. The summed E-state index contributed by atoms with van der Waals surface area (Å²) >= 11 is 0. The minimum absolute atomic E-state index is 0. The topological polar surface area (TPSA) is 73.6 Å². The van der Waals surface area contributed by atoms with Crippen molar-refractivity contribution in [1.82, 2.24) is 5.43 Å². The molecular weight excluding hydrogens is 172 g/mol. The Balaban J connectivity index is 0.000001000. The van der Waals surface area contributed by atoms with Crippen LogP contribution in [0, 0.1) is 0 Å². The predicted molar refractivity (Wildman–Crippen MR) is 39.6 cm³/mol. The molecule has 0 saturated carbocycles. The van der Waals surface area contributed by atoms with Crippen LogP contribution in [0.15, 0.2) is 12.0 Å². The highest BCUT2D eigenvalue weighted by Crippen LogP contribution is 2.02. The molecule has 5 nitrogen and oxygen atoms in total. The van der Waals surface area contributed by atoms with E-state index in [0.717, 1.165) is 0 Å². The number of nitrogens with two attached hydrogens (primary N) is 1. The van der Waals surface area contributed by atoms with Gasteiger partial charge >= 0.3 is 5.91 Å². The largest absolute Gasteiger partial charge is 0.494 e. The molecule has 1 heterocycles. The van der Waals surface area contributed by atoms with E-state index in [-0.39, 0.29) is 18.2 Å². The van der Waals surface area contributed by atoms with Gasteiger partial charge in [0.15, 0.2) is 0 Å². The summed E-state index contributed by atoms with van der Waals surface area (Å²) in [6.45, 7) is 0.862. The van der Waals surface area contributed by atoms with Gasteiger partial charge < -0.3 is 9.47 Å². The average Bonchev–Trinajstić information content (AvgIpc) is 2.05. The van der Waals surface area contributed by atoms with Gasteiger partial charge in [-0.2, -0.15) is 0 Å². The maximum Gasteiger partial charge on any atom is 0.303 e. The van der Waals surface area contributed by atoms with Crippen molar-refractivity contribution in [2.24, 2.45) is 5.84 Å². The fourth-order valence-corrected chi connectivity index (χ4v) is 0.559. The quantitative estimate of drug-likeness (QED) is 0.318. The van der Waals surface area contributed by atoms with Crippen molar-refractivity contribution >= 4 is 18.3 Å². The Morgan fingerprint density at radius 1 is 1.64 bits per heavy atom. The van der Waals surface area contributed by atoms with Crippen LogP contribution in [0.4, 0.5) is 0 Å². The highest BCUT2D eigenvalue weighted by Gasteiger charge is 2.12. The first-order valence-corrected chi connectivity index (χ1v) is 2.80. The zero-order valence-electron chi connectivity index (χ0n) is 5.70. The Kier molecular flexibility index (Phi) is 4.40. The van der Waals surface area contributed by atoms with Gasteiger partial charge in [-0.3, -0.25) is 10.2 Å². The molecule has 1 amide bonds. The minimum Gasteiger partial charge on any atom is -0.494 e. The molecule has 0 unspecified atom stereocenters. The molecule has 0 atom stereocenters. The molecule has 6 heteroatoms. The summed E-state index contributed by atoms with van der Waals surface area (Å²) in [6, 6.07) is 0. The maximum absolute atomic E-state index is 10.7. The van der Waals surface area contributed by atoms with Crippen molar-refractivity contribution in [2.45, 2.75) is 0 Å². The van der Waals surface area contributed by atoms with Gasteiger partial charge in [-0.1, -0.05) is 0 Å². The van der Waals surface area contributed by atoms with Crippen LogP contribution in [0.5, 0.6) is 0 Å². The second kappa shape index (κ2) is 4.81. The zero-order chi connectivity index (χ0) is 7.40. The number of carbonyl (C=O) groups is 1. The molecule has 0 fully saturated rings. The normalized spacial score (nSPS) is 14.8. The minimum atomic E-state index is -0.472. The van der Waals surface area contributed by atoms with Crippen LogP contribution in [0.25, 0.3) is 0 Å². The monoisotopic (exact) mass is 180 g/mol. The smallest absolute Gasteiger partial charge is 0.303 e. The number of halogens is 1. The Morgan fingerprint density at radius 3 is 2.82 bits per heavy atom. The van der Waals surface area contributed by atoms with Gasteiger partial charge in [0.05, 0.1) is 0 Å². The van der Waals surface area contributed by atoms with Crippen LogP contribution in [0.3, 0.4) is 0 Å². The Labute approximate surface area is 69.9 Å². The van der Waals surface area contributed by atoms with E-state index in [1.165, 1.54) is 6.26 Å². The summed E-state index contributed by atoms with van der Waals surface area (Å²) in [5.41, 5.74) is 1.92. The molecule has 11 heavy (non-hydrogen) atoms. The van der Waals surface area contributed by atoms with Crippen molar-refractivity contribution in [3.05, 3.63) is 12.0 Å². The number of hydrazine groups is 1. The lowest BCUT2D eigenvalue weighted by Gasteiger charge is -2.13. The number of amides is 1. The average molecular weight is 181 g/mol. The second-order valence-electron chi connectivity index (χ2n) is 1.67. The third kappa shape index (κ3) is 2.65. The molecule has 3 N–H and O–H groups in total. The number of hydrogen-bond donors (Lipinski definition) is 2. The van der Waals surface area contributed by atoms with E-state index in [4.69, 9.17) is 15.3 Å². The van der Waals surface area contributed by atoms with Gasteiger partial charge in [0.2, 0.25) is 5.76 Å². The summed E-state index contributed by atoms with van der Waals surface area (Å²) in [5, 5.41) is 0. The van der Waals surface area contributed by atoms with E-state index in [0.29, 0.717) is 13.2 Å². The lowest BCUT2D eigenvalue weighted by atomic mass is 10.5. The molecule has 0 aliphatic carbocycles. The Bertz CT molecular complexity index is 171. The highest BCUT2D eigenvalue weighted by molar-refractivity contribution is 5.90. The van der Waals surface area contributed by atoms with E-state index in [9.17, 15) is 4.79 Å². The van der Waals surface area contributed by atoms with E-state index in [2.05, 4.69) is 0 Å². The highest BCUT2D eigenvalue weighted by atomic mass is 35.5. The summed E-state index contributed by atoms with van der Waals surface area (Å²) in [6.07, 6.45) is 1.24. The zero-order valence-corrected chi connectivity index (χ0v) is 6.52. The van der Waals surface area contributed by atoms with Crippen LogP contribution in [0.2, 0.25) is 0 Å². The van der Waals surface area contributed by atoms with Gasteiger partial charge in [-0.15, -0.1) is 12.4 Å². The third-order valence-electron chi connectivity index (χ3n) is 1.00. The van der Waals surface area contributed by atoms with Gasteiger partial charge in [0.1, 0.15) is 19.5 Å². The third-order valence-corrected chi connectivity index (χ3v) is 1.00. The fraction of sp³-hybridized carbons (Fsp3) is 0.400. The van der Waals surface area contributed by atoms with E-state index in [1.54, 1.807) is 0 Å². The number of carbonyl (C=O) groups excluding carboxylic acids is 1. The van der Waals surface area contributed by atoms with Crippen LogP contribution < -0.4 is 11.3 Å². The molecule has 0 saturated heterocycles. The Morgan fingerprint density at radius 2 is 2.36 bits per heavy atom. The molecule has 1 aliphatic rings. The van der Waals surface area contributed by atoms with Crippen molar-refractivity contribution < 1.29 is 14.3 Å². The van der Waals surface area contributed by atoms with Gasteiger partial charge in [0.25, 0.3) is 0 Å². The summed E-state index contributed by atoms with van der Waals surface area (Å²) in [5.74, 6) is 4.47. The molecule has 0 bridgehead atoms. The number of hydrogen-bond acceptors (Lipinski definition) is 4. The van der Waals surface area contributed by atoms with E-state index < -0.39 is 5.91 Å².